The van der Waals surface area contributed by atoms with Crippen LogP contribution < -0.4 is 15.9 Å². The second-order valence-corrected chi connectivity index (χ2v) is 11.4. The summed E-state index contributed by atoms with van der Waals surface area (Å²) in [6.07, 6.45) is 0. The van der Waals surface area contributed by atoms with Gasteiger partial charge in [-0.3, -0.25) is 4.79 Å². The van der Waals surface area contributed by atoms with E-state index in [4.69, 9.17) is 0 Å². The quantitative estimate of drug-likeness (QED) is 0.437. The number of benzene rings is 3. The van der Waals surface area contributed by atoms with Gasteiger partial charge >= 0.3 is 5.97 Å². The van der Waals surface area contributed by atoms with Gasteiger partial charge in [0.1, 0.15) is 15.9 Å². The highest BCUT2D eigenvalue weighted by Crippen LogP contribution is 2.62. The molecule has 0 bridgehead atoms. The fourth-order valence-electron chi connectivity index (χ4n) is 2.55. The van der Waals surface area contributed by atoms with E-state index in [9.17, 15) is 4.79 Å². The molecule has 0 amide bonds. The average Bonchev–Trinajstić information content (AvgIpc) is 2.70. The van der Waals surface area contributed by atoms with Gasteiger partial charge in [0.05, 0.1) is 6.61 Å². The van der Waals surface area contributed by atoms with Crippen molar-refractivity contribution in [1.82, 2.24) is 0 Å². The van der Waals surface area contributed by atoms with E-state index in [0.29, 0.717) is 6.61 Å². The normalized spacial score (nSPS) is 10.4. The molecular formula is C22H23BrO2P+. The van der Waals surface area contributed by atoms with E-state index >= 15 is 0 Å². The number of hydrogen-bond acceptors (Lipinski definition) is 2. The van der Waals surface area contributed by atoms with Crippen LogP contribution in [0.15, 0.2) is 91.0 Å². The van der Waals surface area contributed by atoms with Gasteiger partial charge < -0.3 is 4.74 Å². The minimum Gasteiger partial charge on any atom is -0.466 e. The highest BCUT2D eigenvalue weighted by molar-refractivity contribution is 9.44. The molecule has 26 heavy (non-hydrogen) atoms. The molecule has 0 fully saturated rings. The van der Waals surface area contributed by atoms with Crippen molar-refractivity contribution in [2.75, 3.05) is 6.61 Å². The molecule has 3 aromatic carbocycles. The van der Waals surface area contributed by atoms with Crippen molar-refractivity contribution in [2.24, 2.45) is 0 Å². The van der Waals surface area contributed by atoms with Gasteiger partial charge in [0.15, 0.2) is 21.5 Å². The number of esters is 1. The minimum atomic E-state index is -1.71. The largest absolute Gasteiger partial charge is 0.466 e. The molecule has 0 aliphatic heterocycles. The van der Waals surface area contributed by atoms with Gasteiger partial charge in [-0.15, -0.1) is 0 Å². The van der Waals surface area contributed by atoms with Crippen molar-refractivity contribution in [3.05, 3.63) is 91.0 Å². The maximum atomic E-state index is 9.82. The van der Waals surface area contributed by atoms with E-state index in [1.165, 1.54) is 22.8 Å². The van der Waals surface area contributed by atoms with Crippen LogP contribution in [0, 0.1) is 0 Å². The van der Waals surface area contributed by atoms with Crippen molar-refractivity contribution < 1.29 is 9.53 Å². The van der Waals surface area contributed by atoms with Crippen LogP contribution in [0.5, 0.6) is 0 Å². The first-order chi connectivity index (χ1) is 12.6. The molecule has 0 radical (unpaired) electrons. The summed E-state index contributed by atoms with van der Waals surface area (Å²) in [7, 11) is 0. The zero-order chi connectivity index (χ0) is 18.8. The van der Waals surface area contributed by atoms with Crippen LogP contribution in [0.4, 0.5) is 0 Å². The van der Waals surface area contributed by atoms with Crippen LogP contribution in [-0.4, -0.2) is 12.6 Å². The Bertz CT molecular complexity index is 695. The molecule has 0 aliphatic rings. The lowest BCUT2D eigenvalue weighted by molar-refractivity contribution is -0.140. The maximum Gasteiger partial charge on any atom is 0.302 e. The monoisotopic (exact) mass is 429 g/mol. The van der Waals surface area contributed by atoms with Crippen LogP contribution in [0.2, 0.25) is 0 Å². The highest BCUT2D eigenvalue weighted by atomic mass is 79.9. The number of carbonyl (C=O) groups excluding carboxylic acids is 1. The molecule has 0 spiro atoms. The summed E-state index contributed by atoms with van der Waals surface area (Å²) in [6, 6.07) is 32.1. The third-order valence-electron chi connectivity index (χ3n) is 3.68. The second-order valence-electron chi connectivity index (χ2n) is 5.52. The second kappa shape index (κ2) is 10.3. The third kappa shape index (κ3) is 5.27. The van der Waals surface area contributed by atoms with Gasteiger partial charge in [0.25, 0.3) is 0 Å². The van der Waals surface area contributed by atoms with Gasteiger partial charge in [-0.05, 0) is 43.3 Å². The van der Waals surface area contributed by atoms with E-state index < -0.39 is 5.96 Å². The van der Waals surface area contributed by atoms with Crippen LogP contribution in [0.3, 0.4) is 0 Å². The summed E-state index contributed by atoms with van der Waals surface area (Å²) < 4.78 is 4.40. The van der Waals surface area contributed by atoms with E-state index in [0.717, 1.165) is 0 Å². The summed E-state index contributed by atoms with van der Waals surface area (Å²) in [6.45, 7) is 3.65. The first-order valence-corrected chi connectivity index (χ1v) is 12.3. The molecule has 0 saturated heterocycles. The number of ether oxygens (including phenoxy) is 1. The number of rotatable bonds is 4. The Morgan fingerprint density at radius 3 is 1.27 bits per heavy atom. The summed E-state index contributed by atoms with van der Waals surface area (Å²) in [5, 5.41) is 4.03. The summed E-state index contributed by atoms with van der Waals surface area (Å²) in [4.78, 5) is 9.82. The standard InChI is InChI=1S/C18H15BrP.C4H8O2/c19-20(16-10-4-1-5-11-16,17-12-6-2-7-13-17)18-14-8-3-9-15-18;1-3-6-4(2)5/h1-15H;3H2,1-2H3/q+1;. The molecule has 0 aromatic heterocycles. The molecule has 3 rings (SSSR count). The highest BCUT2D eigenvalue weighted by Gasteiger charge is 2.43. The molecule has 0 saturated carbocycles. The van der Waals surface area contributed by atoms with Gasteiger partial charge in [0.2, 0.25) is 0 Å². The predicted molar refractivity (Wildman–Crippen MR) is 116 cm³/mol. The predicted octanol–water partition coefficient (Wildman–Crippen LogP) is 4.86. The molecule has 134 valence electrons. The molecule has 0 N–H and O–H groups in total. The average molecular weight is 430 g/mol. The zero-order valence-corrected chi connectivity index (χ0v) is 17.5. The number of carbonyl (C=O) groups is 1. The van der Waals surface area contributed by atoms with Crippen molar-refractivity contribution >= 4 is 43.3 Å². The molecule has 0 aliphatic carbocycles. The van der Waals surface area contributed by atoms with Crippen molar-refractivity contribution in [3.8, 4) is 0 Å². The molecule has 0 heterocycles. The summed E-state index contributed by atoms with van der Waals surface area (Å²) in [5.41, 5.74) is 0. The Kier molecular flexibility index (Phi) is 8.03. The molecule has 0 unspecified atom stereocenters. The Balaban J connectivity index is 0.000000352. The fourth-order valence-corrected chi connectivity index (χ4v) is 7.32. The molecule has 3 aromatic rings. The van der Waals surface area contributed by atoms with Gasteiger partial charge in [-0.1, -0.05) is 54.6 Å². The smallest absolute Gasteiger partial charge is 0.302 e. The lowest BCUT2D eigenvalue weighted by Crippen LogP contribution is -2.26. The molecular weight excluding hydrogens is 407 g/mol. The van der Waals surface area contributed by atoms with Crippen LogP contribution >= 0.6 is 21.5 Å². The Labute approximate surface area is 164 Å². The topological polar surface area (TPSA) is 26.3 Å². The van der Waals surface area contributed by atoms with Gasteiger partial charge in [-0.2, -0.15) is 0 Å². The molecule has 2 nitrogen and oxygen atoms in total. The van der Waals surface area contributed by atoms with E-state index in [1.54, 1.807) is 6.92 Å². The van der Waals surface area contributed by atoms with E-state index in [1.807, 2.05) is 0 Å². The van der Waals surface area contributed by atoms with Crippen molar-refractivity contribution in [2.45, 2.75) is 13.8 Å². The Morgan fingerprint density at radius 2 is 1.08 bits per heavy atom. The SMILES string of the molecule is Br[P+](c1ccccc1)(c1ccccc1)c1ccccc1.CCOC(C)=O. The van der Waals surface area contributed by atoms with Crippen molar-refractivity contribution in [1.29, 1.82) is 0 Å². The van der Waals surface area contributed by atoms with E-state index in [-0.39, 0.29) is 5.97 Å². The lowest BCUT2D eigenvalue weighted by atomic mass is 10.4. The molecule has 0 atom stereocenters. The van der Waals surface area contributed by atoms with Gasteiger partial charge in [0, 0.05) is 6.92 Å². The fraction of sp³-hybridized carbons (Fsp3) is 0.136. The summed E-state index contributed by atoms with van der Waals surface area (Å²) >= 11 is 4.12. The first kappa shape index (κ1) is 20.4. The van der Waals surface area contributed by atoms with E-state index in [2.05, 4.69) is 111 Å². The van der Waals surface area contributed by atoms with Gasteiger partial charge in [-0.25, -0.2) is 0 Å². The maximum absolute atomic E-state index is 9.82. The van der Waals surface area contributed by atoms with Crippen LogP contribution in [0.1, 0.15) is 13.8 Å². The molecule has 4 heteroatoms. The zero-order valence-electron chi connectivity index (χ0n) is 15.0. The first-order valence-electron chi connectivity index (χ1n) is 8.48. The number of hydrogen-bond donors (Lipinski definition) is 0. The third-order valence-corrected chi connectivity index (χ3v) is 10.4. The number of halogens is 1. The Hall–Kier alpha value is -1.96. The minimum absolute atomic E-state index is 0.211. The van der Waals surface area contributed by atoms with Crippen LogP contribution in [0.25, 0.3) is 0 Å². The lowest BCUT2D eigenvalue weighted by Gasteiger charge is -2.19. The Morgan fingerprint density at radius 1 is 0.769 bits per heavy atom. The summed E-state index contributed by atoms with van der Waals surface area (Å²) in [5.74, 6) is -1.92. The van der Waals surface area contributed by atoms with Crippen molar-refractivity contribution in [3.63, 3.8) is 0 Å². The van der Waals surface area contributed by atoms with Crippen LogP contribution in [-0.2, 0) is 9.53 Å².